The summed E-state index contributed by atoms with van der Waals surface area (Å²) >= 11 is 0. The third-order valence-corrected chi connectivity index (χ3v) is 5.08. The third kappa shape index (κ3) is 4.19. The fraction of sp³-hybridized carbons (Fsp3) is 0.450. The number of nitrogens with zero attached hydrogens (tertiary/aromatic N) is 3. The van der Waals surface area contributed by atoms with Crippen molar-refractivity contribution in [2.45, 2.75) is 24.8 Å². The van der Waals surface area contributed by atoms with E-state index in [1.165, 1.54) is 0 Å². The topological polar surface area (TPSA) is 79.3 Å². The van der Waals surface area contributed by atoms with Crippen LogP contribution in [0.3, 0.4) is 0 Å². The van der Waals surface area contributed by atoms with Gasteiger partial charge in [0.2, 0.25) is 5.91 Å². The molecule has 1 aliphatic rings. The van der Waals surface area contributed by atoms with Crippen LogP contribution < -0.4 is 10.6 Å². The van der Waals surface area contributed by atoms with Gasteiger partial charge in [0, 0.05) is 38.6 Å². The molecule has 3 rings (SSSR count). The normalized spacial score (nSPS) is 15.9. The Bertz CT molecular complexity index is 779. The predicted octanol–water partition coefficient (Wildman–Crippen LogP) is 1.02. The number of amides is 2. The number of carbonyl (C=O) groups is 2. The van der Waals surface area contributed by atoms with Crippen molar-refractivity contribution in [1.82, 2.24) is 25.3 Å². The summed E-state index contributed by atoms with van der Waals surface area (Å²) in [6.07, 6.45) is 5.68. The van der Waals surface area contributed by atoms with Crippen LogP contribution in [-0.4, -0.2) is 60.2 Å². The van der Waals surface area contributed by atoms with Crippen molar-refractivity contribution in [3.63, 3.8) is 0 Å². The number of hydrogen-bond acceptors (Lipinski definition) is 4. The highest BCUT2D eigenvalue weighted by molar-refractivity contribution is 5.94. The summed E-state index contributed by atoms with van der Waals surface area (Å²) < 4.78 is 1.79. The molecule has 7 heteroatoms. The lowest BCUT2D eigenvalue weighted by Crippen LogP contribution is -2.54. The number of nitrogens with one attached hydrogen (secondary N) is 2. The quantitative estimate of drug-likeness (QED) is 0.797. The number of benzene rings is 1. The van der Waals surface area contributed by atoms with E-state index < -0.39 is 5.54 Å². The monoisotopic (exact) mass is 369 g/mol. The van der Waals surface area contributed by atoms with Crippen LogP contribution in [0.25, 0.3) is 0 Å². The zero-order valence-electron chi connectivity index (χ0n) is 15.9. The van der Waals surface area contributed by atoms with Crippen molar-refractivity contribution in [3.8, 4) is 0 Å². The highest BCUT2D eigenvalue weighted by atomic mass is 16.2. The van der Waals surface area contributed by atoms with Crippen LogP contribution in [0.1, 0.15) is 28.8 Å². The molecule has 1 aromatic heterocycles. The maximum atomic E-state index is 13.0. The van der Waals surface area contributed by atoms with Crippen molar-refractivity contribution < 1.29 is 9.59 Å². The number of rotatable bonds is 6. The van der Waals surface area contributed by atoms with Gasteiger partial charge in [-0.15, -0.1) is 0 Å². The van der Waals surface area contributed by atoms with E-state index in [1.807, 2.05) is 36.5 Å². The fourth-order valence-corrected chi connectivity index (χ4v) is 3.53. The lowest BCUT2D eigenvalue weighted by Gasteiger charge is -2.36. The predicted molar refractivity (Wildman–Crippen MR) is 103 cm³/mol. The molecule has 2 aromatic rings. The maximum Gasteiger partial charge on any atom is 0.253 e. The van der Waals surface area contributed by atoms with Gasteiger partial charge in [0.25, 0.3) is 5.91 Å². The average molecular weight is 369 g/mol. The van der Waals surface area contributed by atoms with Gasteiger partial charge >= 0.3 is 0 Å². The first kappa shape index (κ1) is 19.1. The van der Waals surface area contributed by atoms with Gasteiger partial charge in [-0.3, -0.25) is 14.3 Å². The largest absolute Gasteiger partial charge is 0.354 e. The molecule has 2 N–H and O–H groups in total. The van der Waals surface area contributed by atoms with Gasteiger partial charge in [-0.1, -0.05) is 12.1 Å². The lowest BCUT2D eigenvalue weighted by molar-refractivity contribution is -0.131. The molecule has 0 bridgehead atoms. The van der Waals surface area contributed by atoms with Gasteiger partial charge in [0.05, 0.1) is 0 Å². The van der Waals surface area contributed by atoms with Crippen LogP contribution in [0.4, 0.5) is 0 Å². The van der Waals surface area contributed by atoms with Gasteiger partial charge in [-0.2, -0.15) is 5.10 Å². The Morgan fingerprint density at radius 2 is 2.04 bits per heavy atom. The Labute approximate surface area is 159 Å². The summed E-state index contributed by atoms with van der Waals surface area (Å²) in [6, 6.07) is 9.41. The first-order valence-corrected chi connectivity index (χ1v) is 9.33. The molecule has 0 saturated carbocycles. The molecule has 0 radical (unpaired) electrons. The molecule has 144 valence electrons. The highest BCUT2D eigenvalue weighted by Crippen LogP contribution is 2.27. The summed E-state index contributed by atoms with van der Waals surface area (Å²) in [5, 5.41) is 10.7. The number of carbonyl (C=O) groups excluding carboxylic acids is 2. The molecular formula is C20H27N5O2. The minimum atomic E-state index is -0.627. The number of hydrogen-bond donors (Lipinski definition) is 2. The molecule has 0 unspecified atom stereocenters. The van der Waals surface area contributed by atoms with E-state index in [9.17, 15) is 9.59 Å². The van der Waals surface area contributed by atoms with Crippen LogP contribution in [0, 0.1) is 0 Å². The number of aromatic nitrogens is 2. The van der Waals surface area contributed by atoms with Gasteiger partial charge in [0.15, 0.2) is 0 Å². The van der Waals surface area contributed by atoms with Gasteiger partial charge in [-0.25, -0.2) is 0 Å². The van der Waals surface area contributed by atoms with Crippen molar-refractivity contribution in [3.05, 3.63) is 53.9 Å². The van der Waals surface area contributed by atoms with Gasteiger partial charge in [0.1, 0.15) is 5.54 Å². The second kappa shape index (κ2) is 8.35. The summed E-state index contributed by atoms with van der Waals surface area (Å²) in [7, 11) is 3.48. The second-order valence-corrected chi connectivity index (χ2v) is 7.14. The third-order valence-electron chi connectivity index (χ3n) is 5.08. The van der Waals surface area contributed by atoms with Crippen molar-refractivity contribution in [2.75, 3.05) is 33.7 Å². The Morgan fingerprint density at radius 3 is 2.70 bits per heavy atom. The van der Waals surface area contributed by atoms with Crippen molar-refractivity contribution >= 4 is 11.8 Å². The molecule has 2 amide bonds. The first-order chi connectivity index (χ1) is 13.0. The SMILES string of the molecule is CN(C)C(=O)c1cccc(CCNC(=O)C2(n3cccn3)CCNCC2)c1. The maximum absolute atomic E-state index is 13.0. The van der Waals surface area contributed by atoms with E-state index in [-0.39, 0.29) is 11.8 Å². The van der Waals surface area contributed by atoms with Crippen LogP contribution in [-0.2, 0) is 16.8 Å². The Morgan fingerprint density at radius 1 is 1.26 bits per heavy atom. The van der Waals surface area contributed by atoms with E-state index in [2.05, 4.69) is 15.7 Å². The Balaban J connectivity index is 1.63. The molecule has 1 saturated heterocycles. The summed E-state index contributed by atoms with van der Waals surface area (Å²) in [4.78, 5) is 26.7. The van der Waals surface area contributed by atoms with Crippen LogP contribution in [0.15, 0.2) is 42.7 Å². The van der Waals surface area contributed by atoms with Gasteiger partial charge < -0.3 is 15.5 Å². The zero-order chi connectivity index (χ0) is 19.3. The smallest absolute Gasteiger partial charge is 0.253 e. The van der Waals surface area contributed by atoms with Gasteiger partial charge in [-0.05, 0) is 56.1 Å². The van der Waals surface area contributed by atoms with E-state index in [0.29, 0.717) is 31.4 Å². The van der Waals surface area contributed by atoms with Crippen molar-refractivity contribution in [2.24, 2.45) is 0 Å². The molecule has 1 aliphatic heterocycles. The molecule has 7 nitrogen and oxygen atoms in total. The summed E-state index contributed by atoms with van der Waals surface area (Å²) in [5.74, 6) is -0.0125. The van der Waals surface area contributed by atoms with Crippen LogP contribution in [0.5, 0.6) is 0 Å². The molecule has 0 spiro atoms. The standard InChI is InChI=1S/C20H27N5O2/c1-24(2)18(26)17-6-3-5-16(15-17)7-11-22-19(27)20(8-12-21-13-9-20)25-14-4-10-23-25/h3-6,10,14-15,21H,7-9,11-13H2,1-2H3,(H,22,27). The molecule has 2 heterocycles. The van der Waals surface area contributed by atoms with Crippen LogP contribution in [0.2, 0.25) is 0 Å². The number of piperidine rings is 1. The van der Waals surface area contributed by atoms with E-state index in [4.69, 9.17) is 0 Å². The molecule has 1 fully saturated rings. The average Bonchev–Trinajstić information content (AvgIpc) is 3.23. The van der Waals surface area contributed by atoms with E-state index in [0.717, 1.165) is 18.7 Å². The van der Waals surface area contributed by atoms with Crippen molar-refractivity contribution in [1.29, 1.82) is 0 Å². The molecule has 0 aliphatic carbocycles. The fourth-order valence-electron chi connectivity index (χ4n) is 3.53. The molecular weight excluding hydrogens is 342 g/mol. The Kier molecular flexibility index (Phi) is 5.91. The Hall–Kier alpha value is -2.67. The minimum Gasteiger partial charge on any atom is -0.354 e. The van der Waals surface area contributed by atoms with E-state index in [1.54, 1.807) is 29.9 Å². The zero-order valence-corrected chi connectivity index (χ0v) is 15.9. The first-order valence-electron chi connectivity index (χ1n) is 9.33. The molecule has 1 aromatic carbocycles. The molecule has 27 heavy (non-hydrogen) atoms. The van der Waals surface area contributed by atoms with E-state index >= 15 is 0 Å². The summed E-state index contributed by atoms with van der Waals surface area (Å²) in [6.45, 7) is 2.11. The second-order valence-electron chi connectivity index (χ2n) is 7.14. The highest BCUT2D eigenvalue weighted by Gasteiger charge is 2.41. The lowest BCUT2D eigenvalue weighted by atomic mass is 9.87. The molecule has 0 atom stereocenters. The minimum absolute atomic E-state index is 0.00761. The van der Waals surface area contributed by atoms with Crippen LogP contribution >= 0.6 is 0 Å². The summed E-state index contributed by atoms with van der Waals surface area (Å²) in [5.41, 5.74) is 1.06.